The highest BCUT2D eigenvalue weighted by Crippen LogP contribution is 2.33. The Morgan fingerprint density at radius 2 is 1.87 bits per heavy atom. The summed E-state index contributed by atoms with van der Waals surface area (Å²) in [4.78, 5) is 12.6. The second-order valence-electron chi connectivity index (χ2n) is 7.29. The van der Waals surface area contributed by atoms with Gasteiger partial charge in [0.25, 0.3) is 0 Å². The first-order chi connectivity index (χ1) is 14.8. The number of rotatable bonds is 6. The van der Waals surface area contributed by atoms with Gasteiger partial charge in [-0.25, -0.2) is 8.78 Å². The third-order valence-corrected chi connectivity index (χ3v) is 5.72. The van der Waals surface area contributed by atoms with Gasteiger partial charge in [-0.2, -0.15) is 0 Å². The van der Waals surface area contributed by atoms with E-state index < -0.39 is 22.8 Å². The van der Waals surface area contributed by atoms with Gasteiger partial charge in [-0.15, -0.1) is 10.2 Å². The smallest absolute Gasteiger partial charge is 0.237 e. The summed E-state index contributed by atoms with van der Waals surface area (Å²) < 4.78 is 34.8. The molecule has 0 aliphatic carbocycles. The molecule has 0 spiro atoms. The van der Waals surface area contributed by atoms with E-state index in [1.165, 1.54) is 17.8 Å². The SMILES string of the molecule is CC(C)n1c(S[C@H](C)C(=O)Nc2ccc(F)cc2F)nnc1-c1cc2ccccc2o1. The van der Waals surface area contributed by atoms with Crippen molar-refractivity contribution in [3.63, 3.8) is 0 Å². The lowest BCUT2D eigenvalue weighted by Gasteiger charge is -2.15. The first-order valence-corrected chi connectivity index (χ1v) is 10.6. The van der Waals surface area contributed by atoms with E-state index in [0.717, 1.165) is 23.1 Å². The number of aromatic nitrogens is 3. The molecular formula is C22H20F2N4O2S. The van der Waals surface area contributed by atoms with E-state index >= 15 is 0 Å². The standard InChI is InChI=1S/C22H20F2N4O2S/c1-12(2)28-20(19-10-14-6-4-5-7-18(14)30-19)26-27-22(28)31-13(3)21(29)25-17-9-8-15(23)11-16(17)24/h4-13H,1-3H3,(H,25,29)/t13-/m1/s1. The zero-order valence-corrected chi connectivity index (χ0v) is 17.9. The van der Waals surface area contributed by atoms with E-state index in [4.69, 9.17) is 4.42 Å². The molecule has 0 unspecified atom stereocenters. The Morgan fingerprint density at radius 3 is 2.58 bits per heavy atom. The largest absolute Gasteiger partial charge is 0.453 e. The maximum atomic E-state index is 13.9. The Balaban J connectivity index is 1.57. The Bertz CT molecular complexity index is 1220. The molecule has 2 aromatic heterocycles. The highest BCUT2D eigenvalue weighted by Gasteiger charge is 2.24. The maximum Gasteiger partial charge on any atom is 0.237 e. The average molecular weight is 442 g/mol. The van der Waals surface area contributed by atoms with Gasteiger partial charge in [-0.3, -0.25) is 9.36 Å². The Labute approximate surface area is 181 Å². The van der Waals surface area contributed by atoms with E-state index in [-0.39, 0.29) is 11.7 Å². The number of amides is 1. The van der Waals surface area contributed by atoms with Crippen molar-refractivity contribution in [3.05, 3.63) is 60.2 Å². The van der Waals surface area contributed by atoms with Crippen molar-refractivity contribution in [3.8, 4) is 11.6 Å². The molecule has 4 rings (SSSR count). The number of thioether (sulfide) groups is 1. The molecule has 0 saturated carbocycles. The van der Waals surface area contributed by atoms with E-state index in [0.29, 0.717) is 16.7 Å². The second kappa shape index (κ2) is 8.50. The fourth-order valence-electron chi connectivity index (χ4n) is 3.12. The van der Waals surface area contributed by atoms with Gasteiger partial charge in [0.2, 0.25) is 11.7 Å². The molecule has 1 amide bonds. The lowest BCUT2D eigenvalue weighted by atomic mass is 10.2. The first kappa shape index (κ1) is 21.0. The fourth-order valence-corrected chi connectivity index (χ4v) is 4.10. The summed E-state index contributed by atoms with van der Waals surface area (Å²) in [5, 5.41) is 11.9. The number of carbonyl (C=O) groups is 1. The van der Waals surface area contributed by atoms with Gasteiger partial charge >= 0.3 is 0 Å². The third kappa shape index (κ3) is 4.32. The van der Waals surface area contributed by atoms with Crippen LogP contribution in [0.5, 0.6) is 0 Å². The van der Waals surface area contributed by atoms with Crippen LogP contribution in [0.3, 0.4) is 0 Å². The van der Waals surface area contributed by atoms with Gasteiger partial charge in [-0.05, 0) is 45.0 Å². The number of nitrogens with zero attached hydrogens (tertiary/aromatic N) is 3. The lowest BCUT2D eigenvalue weighted by Crippen LogP contribution is -2.23. The summed E-state index contributed by atoms with van der Waals surface area (Å²) in [6.45, 7) is 5.65. The molecular weight excluding hydrogens is 422 g/mol. The zero-order chi connectivity index (χ0) is 22.1. The van der Waals surface area contributed by atoms with Gasteiger partial charge < -0.3 is 9.73 Å². The van der Waals surface area contributed by atoms with Crippen LogP contribution in [-0.4, -0.2) is 25.9 Å². The molecule has 1 atom stereocenters. The quantitative estimate of drug-likeness (QED) is 0.390. The van der Waals surface area contributed by atoms with E-state index in [9.17, 15) is 13.6 Å². The van der Waals surface area contributed by atoms with Crippen LogP contribution < -0.4 is 5.32 Å². The van der Waals surface area contributed by atoms with Crippen LogP contribution in [0, 0.1) is 11.6 Å². The number of hydrogen-bond donors (Lipinski definition) is 1. The number of benzene rings is 2. The highest BCUT2D eigenvalue weighted by atomic mass is 32.2. The summed E-state index contributed by atoms with van der Waals surface area (Å²) in [6.07, 6.45) is 0. The summed E-state index contributed by atoms with van der Waals surface area (Å²) in [5.74, 6) is -0.825. The van der Waals surface area contributed by atoms with Crippen LogP contribution in [0.1, 0.15) is 26.8 Å². The van der Waals surface area contributed by atoms with E-state index in [1.807, 2.05) is 48.7 Å². The van der Waals surface area contributed by atoms with Crippen LogP contribution in [-0.2, 0) is 4.79 Å². The van der Waals surface area contributed by atoms with Crippen LogP contribution in [0.4, 0.5) is 14.5 Å². The van der Waals surface area contributed by atoms with Crippen molar-refractivity contribution in [2.45, 2.75) is 37.2 Å². The van der Waals surface area contributed by atoms with Crippen molar-refractivity contribution in [2.75, 3.05) is 5.32 Å². The molecule has 0 fully saturated rings. The maximum absolute atomic E-state index is 13.9. The fraction of sp³-hybridized carbons (Fsp3) is 0.227. The lowest BCUT2D eigenvalue weighted by molar-refractivity contribution is -0.115. The molecule has 6 nitrogen and oxygen atoms in total. The number of halogens is 2. The summed E-state index contributed by atoms with van der Waals surface area (Å²) in [5.41, 5.74) is 0.672. The minimum atomic E-state index is -0.830. The van der Waals surface area contributed by atoms with Crippen molar-refractivity contribution in [1.29, 1.82) is 0 Å². The number of hydrogen-bond acceptors (Lipinski definition) is 5. The number of anilines is 1. The minimum absolute atomic E-state index is 0.00511. The first-order valence-electron chi connectivity index (χ1n) is 9.70. The van der Waals surface area contributed by atoms with Gasteiger partial charge in [0, 0.05) is 17.5 Å². The molecule has 0 bridgehead atoms. The molecule has 1 N–H and O–H groups in total. The monoisotopic (exact) mass is 442 g/mol. The third-order valence-electron chi connectivity index (χ3n) is 4.67. The molecule has 0 radical (unpaired) electrons. The van der Waals surface area contributed by atoms with Crippen molar-refractivity contribution >= 4 is 34.3 Å². The van der Waals surface area contributed by atoms with E-state index in [1.54, 1.807) is 6.92 Å². The van der Waals surface area contributed by atoms with Crippen LogP contribution >= 0.6 is 11.8 Å². The van der Waals surface area contributed by atoms with Crippen molar-refractivity contribution in [2.24, 2.45) is 0 Å². The summed E-state index contributed by atoms with van der Waals surface area (Å²) >= 11 is 1.20. The minimum Gasteiger partial charge on any atom is -0.453 e. The second-order valence-corrected chi connectivity index (χ2v) is 8.60. The Morgan fingerprint density at radius 1 is 1.10 bits per heavy atom. The van der Waals surface area contributed by atoms with Gasteiger partial charge in [0.15, 0.2) is 10.9 Å². The van der Waals surface area contributed by atoms with E-state index in [2.05, 4.69) is 15.5 Å². The zero-order valence-electron chi connectivity index (χ0n) is 17.1. The average Bonchev–Trinajstić information content (AvgIpc) is 3.33. The van der Waals surface area contributed by atoms with Gasteiger partial charge in [-0.1, -0.05) is 30.0 Å². The number of carbonyl (C=O) groups excluding carboxylic acids is 1. The van der Waals surface area contributed by atoms with Crippen molar-refractivity contribution < 1.29 is 18.0 Å². The molecule has 2 aromatic carbocycles. The molecule has 31 heavy (non-hydrogen) atoms. The van der Waals surface area contributed by atoms with Crippen LogP contribution in [0.25, 0.3) is 22.6 Å². The molecule has 160 valence electrons. The molecule has 0 aliphatic heterocycles. The van der Waals surface area contributed by atoms with Crippen LogP contribution in [0.2, 0.25) is 0 Å². The van der Waals surface area contributed by atoms with Gasteiger partial charge in [0.05, 0.1) is 10.9 Å². The number of nitrogens with one attached hydrogen (secondary N) is 1. The normalized spacial score (nSPS) is 12.5. The highest BCUT2D eigenvalue weighted by molar-refractivity contribution is 8.00. The number of fused-ring (bicyclic) bond motifs is 1. The summed E-state index contributed by atoms with van der Waals surface area (Å²) in [7, 11) is 0. The molecule has 0 aliphatic rings. The Kier molecular flexibility index (Phi) is 5.77. The topological polar surface area (TPSA) is 73.0 Å². The summed E-state index contributed by atoms with van der Waals surface area (Å²) in [6, 6.07) is 12.6. The number of furan rings is 1. The van der Waals surface area contributed by atoms with Gasteiger partial charge in [0.1, 0.15) is 17.2 Å². The Hall–Kier alpha value is -3.20. The predicted octanol–water partition coefficient (Wildman–Crippen LogP) is 5.67. The molecule has 2 heterocycles. The predicted molar refractivity (Wildman–Crippen MR) is 116 cm³/mol. The van der Waals surface area contributed by atoms with Crippen molar-refractivity contribution in [1.82, 2.24) is 14.8 Å². The molecule has 0 saturated heterocycles. The number of para-hydroxylation sites is 1. The molecule has 4 aromatic rings. The molecule has 9 heteroatoms. The van der Waals surface area contributed by atoms with Crippen LogP contribution in [0.15, 0.2) is 58.1 Å².